The Hall–Kier alpha value is -2.62. The standard InChI is InChI=1S/C24H30O4/c1-5-18(4)22(28-24(26)20-14-10-7-11-15-20)21(16-17(2)3)27-23(25)19-12-8-6-9-13-19/h6-15,17-18,21-22H,5,16H2,1-4H3/t18-,21-,22-/m1/s1. The lowest BCUT2D eigenvalue weighted by Crippen LogP contribution is -2.40. The molecule has 2 rings (SSSR count). The molecule has 2 aromatic carbocycles. The van der Waals surface area contributed by atoms with Crippen LogP contribution < -0.4 is 0 Å². The van der Waals surface area contributed by atoms with Crippen LogP contribution in [0.3, 0.4) is 0 Å². The van der Waals surface area contributed by atoms with E-state index in [-0.39, 0.29) is 11.8 Å². The van der Waals surface area contributed by atoms with E-state index in [1.165, 1.54) is 0 Å². The molecule has 0 aliphatic heterocycles. The molecule has 3 atom stereocenters. The van der Waals surface area contributed by atoms with Crippen LogP contribution in [-0.2, 0) is 9.47 Å². The molecule has 0 aromatic heterocycles. The van der Waals surface area contributed by atoms with Crippen molar-refractivity contribution >= 4 is 11.9 Å². The van der Waals surface area contributed by atoms with E-state index in [9.17, 15) is 9.59 Å². The molecule has 2 aromatic rings. The Bertz CT molecular complexity index is 740. The van der Waals surface area contributed by atoms with E-state index < -0.39 is 24.1 Å². The topological polar surface area (TPSA) is 52.6 Å². The maximum Gasteiger partial charge on any atom is 0.338 e. The van der Waals surface area contributed by atoms with E-state index in [4.69, 9.17) is 9.47 Å². The van der Waals surface area contributed by atoms with Gasteiger partial charge in [-0.25, -0.2) is 9.59 Å². The van der Waals surface area contributed by atoms with Crippen molar-refractivity contribution in [3.05, 3.63) is 71.8 Å². The molecule has 0 unspecified atom stereocenters. The number of esters is 2. The van der Waals surface area contributed by atoms with Crippen LogP contribution in [0.15, 0.2) is 60.7 Å². The molecule has 4 nitrogen and oxygen atoms in total. The summed E-state index contributed by atoms with van der Waals surface area (Å²) in [7, 11) is 0. The van der Waals surface area contributed by atoms with Crippen LogP contribution in [0.4, 0.5) is 0 Å². The van der Waals surface area contributed by atoms with E-state index in [0.29, 0.717) is 17.5 Å². The molecule has 150 valence electrons. The maximum atomic E-state index is 12.7. The first-order chi connectivity index (χ1) is 13.4. The van der Waals surface area contributed by atoms with Crippen molar-refractivity contribution in [2.24, 2.45) is 11.8 Å². The second-order valence-corrected chi connectivity index (χ2v) is 7.56. The van der Waals surface area contributed by atoms with Gasteiger partial charge in [0.1, 0.15) is 12.2 Å². The third kappa shape index (κ3) is 6.22. The molecule has 0 saturated carbocycles. The van der Waals surface area contributed by atoms with Gasteiger partial charge in [0.05, 0.1) is 11.1 Å². The normalized spacial score (nSPS) is 14.2. The molecular formula is C24H30O4. The molecule has 0 spiro atoms. The molecular weight excluding hydrogens is 352 g/mol. The summed E-state index contributed by atoms with van der Waals surface area (Å²) in [6.45, 7) is 8.19. The van der Waals surface area contributed by atoms with Crippen molar-refractivity contribution in [2.75, 3.05) is 0 Å². The highest BCUT2D eigenvalue weighted by atomic mass is 16.6. The quantitative estimate of drug-likeness (QED) is 0.535. The number of hydrogen-bond donors (Lipinski definition) is 0. The first-order valence-corrected chi connectivity index (χ1v) is 9.94. The Balaban J connectivity index is 2.23. The minimum Gasteiger partial charge on any atom is -0.455 e. The van der Waals surface area contributed by atoms with E-state index in [1.807, 2.05) is 26.0 Å². The summed E-state index contributed by atoms with van der Waals surface area (Å²) >= 11 is 0. The SMILES string of the molecule is CC[C@@H](C)[C@@H](OC(=O)c1ccccc1)[C@@H](CC(C)C)OC(=O)c1ccccc1. The van der Waals surface area contributed by atoms with Gasteiger partial charge in [-0.3, -0.25) is 0 Å². The lowest BCUT2D eigenvalue weighted by Gasteiger charge is -2.32. The average Bonchev–Trinajstić information content (AvgIpc) is 2.71. The van der Waals surface area contributed by atoms with Crippen molar-refractivity contribution < 1.29 is 19.1 Å². The highest BCUT2D eigenvalue weighted by molar-refractivity contribution is 5.90. The van der Waals surface area contributed by atoms with Gasteiger partial charge >= 0.3 is 11.9 Å². The van der Waals surface area contributed by atoms with Gasteiger partial charge in [-0.15, -0.1) is 0 Å². The zero-order valence-electron chi connectivity index (χ0n) is 17.1. The number of carbonyl (C=O) groups is 2. The molecule has 0 aliphatic rings. The number of benzene rings is 2. The minimum atomic E-state index is -0.507. The van der Waals surface area contributed by atoms with Crippen molar-refractivity contribution in [1.82, 2.24) is 0 Å². The van der Waals surface area contributed by atoms with Crippen LogP contribution in [0.5, 0.6) is 0 Å². The Morgan fingerprint density at radius 1 is 0.786 bits per heavy atom. The molecule has 0 saturated heterocycles. The van der Waals surface area contributed by atoms with Gasteiger partial charge in [0.15, 0.2) is 0 Å². The predicted molar refractivity (Wildman–Crippen MR) is 110 cm³/mol. The van der Waals surface area contributed by atoms with Gasteiger partial charge in [-0.05, 0) is 48.9 Å². The maximum absolute atomic E-state index is 12.7. The van der Waals surface area contributed by atoms with Gasteiger partial charge in [0.25, 0.3) is 0 Å². The first kappa shape index (κ1) is 21.7. The number of ether oxygens (including phenoxy) is 2. The van der Waals surface area contributed by atoms with Crippen LogP contribution in [0, 0.1) is 11.8 Å². The first-order valence-electron chi connectivity index (χ1n) is 9.94. The number of hydrogen-bond acceptors (Lipinski definition) is 4. The second kappa shape index (κ2) is 10.6. The lowest BCUT2D eigenvalue weighted by molar-refractivity contribution is -0.0602. The Labute approximate surface area is 167 Å². The van der Waals surface area contributed by atoms with Gasteiger partial charge in [-0.2, -0.15) is 0 Å². The summed E-state index contributed by atoms with van der Waals surface area (Å²) < 4.78 is 11.7. The van der Waals surface area contributed by atoms with Gasteiger partial charge < -0.3 is 9.47 Å². The molecule has 4 heteroatoms. The molecule has 0 N–H and O–H groups in total. The molecule has 0 heterocycles. The van der Waals surface area contributed by atoms with Crippen molar-refractivity contribution in [2.45, 2.75) is 52.7 Å². The minimum absolute atomic E-state index is 0.0555. The lowest BCUT2D eigenvalue weighted by atomic mass is 9.91. The smallest absolute Gasteiger partial charge is 0.338 e. The van der Waals surface area contributed by atoms with Crippen LogP contribution in [0.2, 0.25) is 0 Å². The zero-order chi connectivity index (χ0) is 20.5. The van der Waals surface area contributed by atoms with Crippen LogP contribution in [0.25, 0.3) is 0 Å². The average molecular weight is 383 g/mol. The van der Waals surface area contributed by atoms with Crippen LogP contribution in [0.1, 0.15) is 61.3 Å². The second-order valence-electron chi connectivity index (χ2n) is 7.56. The van der Waals surface area contributed by atoms with E-state index in [2.05, 4.69) is 13.8 Å². The number of rotatable bonds is 9. The third-order valence-electron chi connectivity index (χ3n) is 4.80. The molecule has 0 aliphatic carbocycles. The van der Waals surface area contributed by atoms with Gasteiger partial charge in [0, 0.05) is 0 Å². The Morgan fingerprint density at radius 3 is 1.68 bits per heavy atom. The zero-order valence-corrected chi connectivity index (χ0v) is 17.1. The summed E-state index contributed by atoms with van der Waals surface area (Å²) in [4.78, 5) is 25.3. The van der Waals surface area contributed by atoms with E-state index in [0.717, 1.165) is 6.42 Å². The summed E-state index contributed by atoms with van der Waals surface area (Å²) in [5.74, 6) is -0.443. The summed E-state index contributed by atoms with van der Waals surface area (Å²) in [5.41, 5.74) is 0.988. The Kier molecular flexibility index (Phi) is 8.24. The van der Waals surface area contributed by atoms with Crippen molar-refractivity contribution in [3.8, 4) is 0 Å². The van der Waals surface area contributed by atoms with Crippen LogP contribution in [-0.4, -0.2) is 24.1 Å². The summed E-state index contributed by atoms with van der Waals surface area (Å²) in [6, 6.07) is 17.8. The molecule has 28 heavy (non-hydrogen) atoms. The monoisotopic (exact) mass is 382 g/mol. The summed E-state index contributed by atoms with van der Waals surface area (Å²) in [5, 5.41) is 0. The van der Waals surface area contributed by atoms with Crippen molar-refractivity contribution in [3.63, 3.8) is 0 Å². The molecule has 0 radical (unpaired) electrons. The largest absolute Gasteiger partial charge is 0.455 e. The highest BCUT2D eigenvalue weighted by Gasteiger charge is 2.33. The van der Waals surface area contributed by atoms with Crippen molar-refractivity contribution in [1.29, 1.82) is 0 Å². The predicted octanol–water partition coefficient (Wildman–Crippen LogP) is 5.53. The summed E-state index contributed by atoms with van der Waals surface area (Å²) in [6.07, 6.45) is 0.419. The molecule has 0 fully saturated rings. The van der Waals surface area contributed by atoms with Crippen LogP contribution >= 0.6 is 0 Å². The Morgan fingerprint density at radius 2 is 1.25 bits per heavy atom. The fourth-order valence-electron chi connectivity index (χ4n) is 3.05. The fraction of sp³-hybridized carbons (Fsp3) is 0.417. The van der Waals surface area contributed by atoms with E-state index >= 15 is 0 Å². The molecule has 0 amide bonds. The van der Waals surface area contributed by atoms with Gasteiger partial charge in [0.2, 0.25) is 0 Å². The number of carbonyl (C=O) groups excluding carboxylic acids is 2. The third-order valence-corrected chi connectivity index (χ3v) is 4.80. The highest BCUT2D eigenvalue weighted by Crippen LogP contribution is 2.25. The van der Waals surface area contributed by atoms with E-state index in [1.54, 1.807) is 48.5 Å². The van der Waals surface area contributed by atoms with Gasteiger partial charge in [-0.1, -0.05) is 64.1 Å². The fourth-order valence-corrected chi connectivity index (χ4v) is 3.05. The molecule has 0 bridgehead atoms.